The van der Waals surface area contributed by atoms with Gasteiger partial charge in [-0.3, -0.25) is 0 Å². The second-order valence-electron chi connectivity index (χ2n) is 3.23. The van der Waals surface area contributed by atoms with Crippen molar-refractivity contribution in [3.8, 4) is 11.5 Å². The minimum absolute atomic E-state index is 0.314. The number of benzene rings is 1. The molecular formula is C10H15NO2. The van der Waals surface area contributed by atoms with Gasteiger partial charge in [0.25, 0.3) is 0 Å². The van der Waals surface area contributed by atoms with Crippen LogP contribution < -0.4 is 4.74 Å². The summed E-state index contributed by atoms with van der Waals surface area (Å²) in [6.45, 7) is 0.711. The van der Waals surface area contributed by atoms with E-state index in [0.29, 0.717) is 12.3 Å². The van der Waals surface area contributed by atoms with Crippen LogP contribution in [0.4, 0.5) is 0 Å². The Morgan fingerprint density at radius 2 is 2.08 bits per heavy atom. The highest BCUT2D eigenvalue weighted by molar-refractivity contribution is 5.39. The fraction of sp³-hybridized carbons (Fsp3) is 0.400. The van der Waals surface area contributed by atoms with Gasteiger partial charge >= 0.3 is 0 Å². The van der Waals surface area contributed by atoms with Crippen molar-refractivity contribution in [2.45, 2.75) is 6.54 Å². The van der Waals surface area contributed by atoms with Crippen LogP contribution in [-0.4, -0.2) is 31.2 Å². The predicted molar refractivity (Wildman–Crippen MR) is 52.0 cm³/mol. The fourth-order valence-electron chi connectivity index (χ4n) is 1.16. The van der Waals surface area contributed by atoms with Gasteiger partial charge in [0.15, 0.2) is 0 Å². The van der Waals surface area contributed by atoms with Gasteiger partial charge in [0, 0.05) is 12.1 Å². The smallest absolute Gasteiger partial charge is 0.120 e. The second-order valence-corrected chi connectivity index (χ2v) is 3.23. The van der Waals surface area contributed by atoms with Gasteiger partial charge in [-0.2, -0.15) is 0 Å². The Kier molecular flexibility index (Phi) is 3.14. The van der Waals surface area contributed by atoms with Gasteiger partial charge in [-0.25, -0.2) is 0 Å². The minimum Gasteiger partial charge on any atom is -0.508 e. The molecule has 1 aromatic rings. The molecule has 3 heteroatoms. The lowest BCUT2D eigenvalue weighted by atomic mass is 10.2. The van der Waals surface area contributed by atoms with Crippen LogP contribution in [0.15, 0.2) is 18.2 Å². The van der Waals surface area contributed by atoms with Gasteiger partial charge in [-0.15, -0.1) is 0 Å². The van der Waals surface area contributed by atoms with Crippen LogP contribution in [0, 0.1) is 0 Å². The van der Waals surface area contributed by atoms with E-state index in [2.05, 4.69) is 0 Å². The number of nitrogens with zero attached hydrogens (tertiary/aromatic N) is 1. The van der Waals surface area contributed by atoms with Crippen molar-refractivity contribution in [2.75, 3.05) is 21.2 Å². The molecule has 1 rings (SSSR count). The Morgan fingerprint density at radius 1 is 1.38 bits per heavy atom. The van der Waals surface area contributed by atoms with Gasteiger partial charge in [-0.05, 0) is 32.3 Å². The molecule has 0 fully saturated rings. The zero-order valence-electron chi connectivity index (χ0n) is 8.24. The van der Waals surface area contributed by atoms with E-state index in [4.69, 9.17) is 4.74 Å². The Balaban J connectivity index is 2.90. The zero-order chi connectivity index (χ0) is 9.84. The number of phenolic OH excluding ortho intramolecular Hbond substituents is 1. The van der Waals surface area contributed by atoms with E-state index in [1.807, 2.05) is 25.1 Å². The highest BCUT2D eigenvalue weighted by Crippen LogP contribution is 2.23. The summed E-state index contributed by atoms with van der Waals surface area (Å²) in [6, 6.07) is 5.24. The van der Waals surface area contributed by atoms with E-state index < -0.39 is 0 Å². The van der Waals surface area contributed by atoms with E-state index in [1.165, 1.54) is 0 Å². The molecule has 0 unspecified atom stereocenters. The number of phenols is 1. The highest BCUT2D eigenvalue weighted by Gasteiger charge is 2.03. The van der Waals surface area contributed by atoms with Crippen LogP contribution >= 0.6 is 0 Å². The van der Waals surface area contributed by atoms with E-state index in [9.17, 15) is 5.11 Å². The van der Waals surface area contributed by atoms with E-state index in [-0.39, 0.29) is 0 Å². The number of rotatable bonds is 3. The molecule has 0 aliphatic rings. The number of aromatic hydroxyl groups is 1. The first-order valence-corrected chi connectivity index (χ1v) is 4.14. The van der Waals surface area contributed by atoms with Crippen LogP contribution in [0.5, 0.6) is 11.5 Å². The summed E-state index contributed by atoms with van der Waals surface area (Å²) in [5.41, 5.74) is 0.879. The highest BCUT2D eigenvalue weighted by atomic mass is 16.5. The number of hydrogen-bond acceptors (Lipinski definition) is 3. The van der Waals surface area contributed by atoms with Crippen molar-refractivity contribution in [3.63, 3.8) is 0 Å². The standard InChI is InChI=1S/C10H15NO2/c1-11(2)7-8-6-9(13-3)4-5-10(8)12/h4-6,12H,7H2,1-3H3. The average molecular weight is 181 g/mol. The lowest BCUT2D eigenvalue weighted by molar-refractivity contribution is 0.379. The maximum atomic E-state index is 9.50. The Labute approximate surface area is 78.6 Å². The zero-order valence-corrected chi connectivity index (χ0v) is 8.24. The van der Waals surface area contributed by atoms with Crippen molar-refractivity contribution >= 4 is 0 Å². The molecule has 0 bridgehead atoms. The molecule has 0 radical (unpaired) electrons. The van der Waals surface area contributed by atoms with Gasteiger partial charge in [0.1, 0.15) is 11.5 Å². The van der Waals surface area contributed by atoms with Crippen molar-refractivity contribution < 1.29 is 9.84 Å². The normalized spacial score (nSPS) is 10.5. The molecular weight excluding hydrogens is 166 g/mol. The summed E-state index contributed by atoms with van der Waals surface area (Å²) in [5, 5.41) is 9.50. The quantitative estimate of drug-likeness (QED) is 0.766. The molecule has 0 saturated carbocycles. The predicted octanol–water partition coefficient (Wildman–Crippen LogP) is 1.46. The molecule has 3 nitrogen and oxygen atoms in total. The molecule has 0 atom stereocenters. The molecule has 1 N–H and O–H groups in total. The van der Waals surface area contributed by atoms with Crippen LogP contribution in [-0.2, 0) is 6.54 Å². The maximum Gasteiger partial charge on any atom is 0.120 e. The minimum atomic E-state index is 0.314. The first kappa shape index (κ1) is 9.86. The molecule has 0 aliphatic carbocycles. The average Bonchev–Trinajstić information content (AvgIpc) is 2.08. The molecule has 0 amide bonds. The molecule has 13 heavy (non-hydrogen) atoms. The summed E-state index contributed by atoms with van der Waals surface area (Å²) >= 11 is 0. The monoisotopic (exact) mass is 181 g/mol. The third kappa shape index (κ3) is 2.63. The summed E-state index contributed by atoms with van der Waals surface area (Å²) in [5.74, 6) is 1.09. The first-order valence-electron chi connectivity index (χ1n) is 4.14. The van der Waals surface area contributed by atoms with E-state index >= 15 is 0 Å². The first-order chi connectivity index (χ1) is 6.13. The summed E-state index contributed by atoms with van der Waals surface area (Å²) < 4.78 is 5.06. The molecule has 72 valence electrons. The number of methoxy groups -OCH3 is 1. The molecule has 0 aromatic heterocycles. The van der Waals surface area contributed by atoms with Gasteiger partial charge in [0.05, 0.1) is 7.11 Å². The third-order valence-electron chi connectivity index (χ3n) is 1.77. The maximum absolute atomic E-state index is 9.50. The molecule has 0 heterocycles. The topological polar surface area (TPSA) is 32.7 Å². The van der Waals surface area contributed by atoms with Crippen molar-refractivity contribution in [1.82, 2.24) is 4.90 Å². The van der Waals surface area contributed by atoms with E-state index in [1.54, 1.807) is 19.2 Å². The fourth-order valence-corrected chi connectivity index (χ4v) is 1.16. The van der Waals surface area contributed by atoms with Crippen LogP contribution in [0.3, 0.4) is 0 Å². The van der Waals surface area contributed by atoms with Crippen molar-refractivity contribution in [1.29, 1.82) is 0 Å². The summed E-state index contributed by atoms with van der Waals surface area (Å²) in [7, 11) is 5.53. The largest absolute Gasteiger partial charge is 0.508 e. The van der Waals surface area contributed by atoms with Gasteiger partial charge < -0.3 is 14.7 Å². The lowest BCUT2D eigenvalue weighted by Gasteiger charge is -2.12. The van der Waals surface area contributed by atoms with Crippen LogP contribution in [0.1, 0.15) is 5.56 Å². The van der Waals surface area contributed by atoms with Crippen molar-refractivity contribution in [2.24, 2.45) is 0 Å². The molecule has 1 aromatic carbocycles. The SMILES string of the molecule is COc1ccc(O)c(CN(C)C)c1. The van der Waals surface area contributed by atoms with Crippen LogP contribution in [0.2, 0.25) is 0 Å². The Bertz CT molecular complexity index is 284. The van der Waals surface area contributed by atoms with E-state index in [0.717, 1.165) is 11.3 Å². The number of hydrogen-bond donors (Lipinski definition) is 1. The second kappa shape index (κ2) is 4.14. The van der Waals surface area contributed by atoms with Crippen molar-refractivity contribution in [3.05, 3.63) is 23.8 Å². The van der Waals surface area contributed by atoms with Gasteiger partial charge in [-0.1, -0.05) is 0 Å². The Morgan fingerprint density at radius 3 is 2.62 bits per heavy atom. The molecule has 0 saturated heterocycles. The third-order valence-corrected chi connectivity index (χ3v) is 1.77. The molecule has 0 aliphatic heterocycles. The molecule has 0 spiro atoms. The van der Waals surface area contributed by atoms with Crippen LogP contribution in [0.25, 0.3) is 0 Å². The number of ether oxygens (including phenoxy) is 1. The Hall–Kier alpha value is -1.22. The lowest BCUT2D eigenvalue weighted by Crippen LogP contribution is -2.10. The summed E-state index contributed by atoms with van der Waals surface area (Å²) in [6.07, 6.45) is 0. The summed E-state index contributed by atoms with van der Waals surface area (Å²) in [4.78, 5) is 1.99. The van der Waals surface area contributed by atoms with Gasteiger partial charge in [0.2, 0.25) is 0 Å².